The van der Waals surface area contributed by atoms with Gasteiger partial charge in [0.25, 0.3) is 0 Å². The molecule has 2 heteroatoms. The molecule has 0 spiro atoms. The summed E-state index contributed by atoms with van der Waals surface area (Å²) in [5.74, 6) is 0. The van der Waals surface area contributed by atoms with E-state index in [1.165, 1.54) is 16.7 Å². The van der Waals surface area contributed by atoms with Crippen LogP contribution in [-0.2, 0) is 5.11 Å². The van der Waals surface area contributed by atoms with Crippen LogP contribution in [0.2, 0.25) is 0 Å². The van der Waals surface area contributed by atoms with Crippen molar-refractivity contribution >= 4 is 5.69 Å². The second kappa shape index (κ2) is 4.28. The van der Waals surface area contributed by atoms with E-state index < -0.39 is 0 Å². The molecule has 0 fully saturated rings. The molecule has 0 bridgehead atoms. The van der Waals surface area contributed by atoms with Crippen molar-refractivity contribution in [2.24, 2.45) is 0 Å². The summed E-state index contributed by atoms with van der Waals surface area (Å²) in [6.07, 6.45) is 0. The van der Waals surface area contributed by atoms with Crippen LogP contribution in [0.4, 0.5) is 5.69 Å². The summed E-state index contributed by atoms with van der Waals surface area (Å²) in [4.78, 5) is 0. The van der Waals surface area contributed by atoms with Crippen LogP contribution in [0.1, 0.15) is 16.7 Å². The third kappa shape index (κ3) is 2.46. The lowest BCUT2D eigenvalue weighted by atomic mass is 10.1. The topological polar surface area (TPSA) is 31.9 Å². The Hall–Kier alpha value is -1.02. The van der Waals surface area contributed by atoms with Gasteiger partial charge in [0.05, 0.1) is 6.61 Å². The SMILES string of the molecule is Cc1cc(C)c(NCC[O])c(C)c1. The fourth-order valence-electron chi connectivity index (χ4n) is 1.63. The van der Waals surface area contributed by atoms with Crippen molar-refractivity contribution in [2.45, 2.75) is 20.8 Å². The zero-order valence-corrected chi connectivity index (χ0v) is 8.48. The lowest BCUT2D eigenvalue weighted by molar-refractivity contribution is 0.206. The largest absolute Gasteiger partial charge is 0.382 e. The van der Waals surface area contributed by atoms with Crippen molar-refractivity contribution in [3.05, 3.63) is 28.8 Å². The summed E-state index contributed by atoms with van der Waals surface area (Å²) in [6, 6.07) is 4.25. The first-order valence-electron chi connectivity index (χ1n) is 4.55. The Morgan fingerprint density at radius 3 is 2.15 bits per heavy atom. The lowest BCUT2D eigenvalue weighted by Gasteiger charge is -2.12. The van der Waals surface area contributed by atoms with Crippen LogP contribution in [0, 0.1) is 20.8 Å². The minimum absolute atomic E-state index is 0.0766. The van der Waals surface area contributed by atoms with Gasteiger partial charge in [-0.3, -0.25) is 0 Å². The van der Waals surface area contributed by atoms with Crippen molar-refractivity contribution in [3.8, 4) is 0 Å². The van der Waals surface area contributed by atoms with Gasteiger partial charge in [0.1, 0.15) is 0 Å². The number of hydrogen-bond acceptors (Lipinski definition) is 1. The summed E-state index contributed by atoms with van der Waals surface area (Å²) in [7, 11) is 0. The first kappa shape index (κ1) is 10.1. The van der Waals surface area contributed by atoms with Gasteiger partial charge < -0.3 is 5.32 Å². The van der Waals surface area contributed by atoms with Crippen LogP contribution in [0.3, 0.4) is 0 Å². The van der Waals surface area contributed by atoms with Crippen LogP contribution in [-0.4, -0.2) is 13.2 Å². The summed E-state index contributed by atoms with van der Waals surface area (Å²) in [5.41, 5.74) is 4.81. The van der Waals surface area contributed by atoms with Crippen LogP contribution in [0.5, 0.6) is 0 Å². The molecular weight excluding hydrogens is 162 g/mol. The van der Waals surface area contributed by atoms with E-state index in [0.29, 0.717) is 6.54 Å². The van der Waals surface area contributed by atoms with Gasteiger partial charge in [-0.2, -0.15) is 0 Å². The molecule has 1 rings (SSSR count). The number of hydrogen-bond donors (Lipinski definition) is 1. The minimum Gasteiger partial charge on any atom is -0.382 e. The molecule has 0 unspecified atom stereocenters. The zero-order valence-electron chi connectivity index (χ0n) is 8.48. The third-order valence-corrected chi connectivity index (χ3v) is 2.08. The molecule has 0 amide bonds. The maximum absolute atomic E-state index is 10.3. The van der Waals surface area contributed by atoms with Crippen molar-refractivity contribution in [2.75, 3.05) is 18.5 Å². The van der Waals surface area contributed by atoms with Crippen LogP contribution in [0.15, 0.2) is 12.1 Å². The Balaban J connectivity index is 2.92. The van der Waals surface area contributed by atoms with Gasteiger partial charge in [-0.15, -0.1) is 0 Å². The first-order valence-corrected chi connectivity index (χ1v) is 4.55. The molecule has 0 aliphatic rings. The van der Waals surface area contributed by atoms with E-state index in [9.17, 15) is 5.11 Å². The number of rotatable bonds is 3. The molecule has 71 valence electrons. The second-order valence-corrected chi connectivity index (χ2v) is 3.40. The maximum Gasteiger partial charge on any atom is 0.0994 e. The normalized spacial score (nSPS) is 10.2. The highest BCUT2D eigenvalue weighted by Crippen LogP contribution is 2.21. The van der Waals surface area contributed by atoms with Gasteiger partial charge >= 0.3 is 0 Å². The smallest absolute Gasteiger partial charge is 0.0994 e. The van der Waals surface area contributed by atoms with E-state index in [0.717, 1.165) is 5.69 Å². The van der Waals surface area contributed by atoms with Crippen molar-refractivity contribution in [1.82, 2.24) is 0 Å². The van der Waals surface area contributed by atoms with Crippen molar-refractivity contribution in [1.29, 1.82) is 0 Å². The fourth-order valence-corrected chi connectivity index (χ4v) is 1.63. The van der Waals surface area contributed by atoms with E-state index in [-0.39, 0.29) is 6.61 Å². The number of benzene rings is 1. The number of aryl methyl sites for hydroxylation is 3. The van der Waals surface area contributed by atoms with Gasteiger partial charge in [-0.25, -0.2) is 5.11 Å². The third-order valence-electron chi connectivity index (χ3n) is 2.08. The average molecular weight is 178 g/mol. The highest BCUT2D eigenvalue weighted by atomic mass is 16.3. The monoisotopic (exact) mass is 178 g/mol. The quantitative estimate of drug-likeness (QED) is 0.757. The Morgan fingerprint density at radius 1 is 1.15 bits per heavy atom. The van der Waals surface area contributed by atoms with E-state index in [2.05, 4.69) is 38.2 Å². The molecule has 1 radical (unpaired) electrons. The molecule has 0 saturated heterocycles. The summed E-state index contributed by atoms with van der Waals surface area (Å²) in [6.45, 7) is 6.63. The Kier molecular flexibility index (Phi) is 3.32. The summed E-state index contributed by atoms with van der Waals surface area (Å²) in [5, 5.41) is 13.5. The fraction of sp³-hybridized carbons (Fsp3) is 0.455. The zero-order chi connectivity index (χ0) is 9.84. The second-order valence-electron chi connectivity index (χ2n) is 3.40. The standard InChI is InChI=1S/C11H16NO/c1-8-6-9(2)11(10(3)7-8)12-4-5-13/h6-7,12H,4-5H2,1-3H3. The van der Waals surface area contributed by atoms with Gasteiger partial charge in [0.15, 0.2) is 0 Å². The molecule has 0 aromatic heterocycles. The highest BCUT2D eigenvalue weighted by Gasteiger charge is 2.01. The van der Waals surface area contributed by atoms with Crippen LogP contribution < -0.4 is 5.32 Å². The maximum atomic E-state index is 10.3. The first-order chi connectivity index (χ1) is 6.15. The summed E-state index contributed by atoms with van der Waals surface area (Å²) < 4.78 is 0. The predicted octanol–water partition coefficient (Wildman–Crippen LogP) is 2.45. The highest BCUT2D eigenvalue weighted by molar-refractivity contribution is 5.58. The van der Waals surface area contributed by atoms with Crippen LogP contribution >= 0.6 is 0 Å². The molecule has 0 atom stereocenters. The van der Waals surface area contributed by atoms with Gasteiger partial charge in [0.2, 0.25) is 0 Å². The summed E-state index contributed by atoms with van der Waals surface area (Å²) >= 11 is 0. The molecule has 1 aromatic carbocycles. The van der Waals surface area contributed by atoms with E-state index >= 15 is 0 Å². The number of anilines is 1. The molecule has 1 N–H and O–H groups in total. The Labute approximate surface area is 79.6 Å². The van der Waals surface area contributed by atoms with Crippen LogP contribution in [0.25, 0.3) is 0 Å². The lowest BCUT2D eigenvalue weighted by Crippen LogP contribution is -2.07. The van der Waals surface area contributed by atoms with Gasteiger partial charge in [-0.1, -0.05) is 17.7 Å². The average Bonchev–Trinajstić information content (AvgIpc) is 2.02. The van der Waals surface area contributed by atoms with Gasteiger partial charge in [0, 0.05) is 12.2 Å². The minimum atomic E-state index is -0.0766. The Bertz CT molecular complexity index is 271. The van der Waals surface area contributed by atoms with Crippen molar-refractivity contribution < 1.29 is 5.11 Å². The molecule has 0 heterocycles. The molecule has 13 heavy (non-hydrogen) atoms. The van der Waals surface area contributed by atoms with Crippen molar-refractivity contribution in [3.63, 3.8) is 0 Å². The molecule has 0 aliphatic carbocycles. The van der Waals surface area contributed by atoms with Gasteiger partial charge in [-0.05, 0) is 31.9 Å². The predicted molar refractivity (Wildman–Crippen MR) is 54.7 cm³/mol. The van der Waals surface area contributed by atoms with E-state index in [1.807, 2.05) is 0 Å². The molecule has 2 nitrogen and oxygen atoms in total. The molecular formula is C11H16NO. The van der Waals surface area contributed by atoms with E-state index in [4.69, 9.17) is 0 Å². The molecule has 0 saturated carbocycles. The molecule has 1 aromatic rings. The number of nitrogens with one attached hydrogen (secondary N) is 1. The van der Waals surface area contributed by atoms with E-state index in [1.54, 1.807) is 0 Å². The molecule has 0 aliphatic heterocycles. The Morgan fingerprint density at radius 2 is 1.69 bits per heavy atom.